The molecule has 0 saturated carbocycles. The Bertz CT molecular complexity index is 902. The predicted octanol–water partition coefficient (Wildman–Crippen LogP) is 0.779. The van der Waals surface area contributed by atoms with Crippen LogP contribution in [0.4, 0.5) is 0 Å². The number of carbonyl (C=O) groups is 2. The lowest BCUT2D eigenvalue weighted by atomic mass is 10.2. The molecule has 0 amide bonds. The van der Waals surface area contributed by atoms with Crippen LogP contribution in [0.25, 0.3) is 10.2 Å². The molecule has 0 aliphatic carbocycles. The van der Waals surface area contributed by atoms with Crippen LogP contribution < -0.4 is 5.56 Å². The zero-order valence-electron chi connectivity index (χ0n) is 12.2. The zero-order valence-corrected chi connectivity index (χ0v) is 13.8. The van der Waals surface area contributed by atoms with Gasteiger partial charge in [-0.3, -0.25) is 4.79 Å². The fourth-order valence-corrected chi connectivity index (χ4v) is 4.58. The van der Waals surface area contributed by atoms with E-state index in [1.807, 2.05) is 0 Å². The predicted molar refractivity (Wildman–Crippen MR) is 83.1 cm³/mol. The van der Waals surface area contributed by atoms with Crippen molar-refractivity contribution in [3.8, 4) is 0 Å². The number of hydrogen-bond acceptors (Lipinski definition) is 8. The van der Waals surface area contributed by atoms with Crippen LogP contribution in [0.15, 0.2) is 9.95 Å². The molecule has 1 aliphatic heterocycles. The van der Waals surface area contributed by atoms with Crippen LogP contribution in [-0.4, -0.2) is 44.1 Å². The van der Waals surface area contributed by atoms with Crippen molar-refractivity contribution in [3.63, 3.8) is 0 Å². The van der Waals surface area contributed by atoms with Gasteiger partial charge < -0.3 is 14.9 Å². The summed E-state index contributed by atoms with van der Waals surface area (Å²) in [5.41, 5.74) is -2.51. The molecular formula is C13H12N2O6S2. The van der Waals surface area contributed by atoms with E-state index in [0.717, 1.165) is 27.7 Å². The summed E-state index contributed by atoms with van der Waals surface area (Å²) in [5, 5.41) is 20.0. The third kappa shape index (κ3) is 2.17. The Morgan fingerprint density at radius 1 is 1.48 bits per heavy atom. The fraction of sp³-hybridized carbons (Fsp3) is 0.385. The van der Waals surface area contributed by atoms with Crippen LogP contribution in [0.5, 0.6) is 0 Å². The van der Waals surface area contributed by atoms with Crippen molar-refractivity contribution in [2.24, 2.45) is 0 Å². The molecule has 8 nitrogen and oxygen atoms in total. The summed E-state index contributed by atoms with van der Waals surface area (Å²) in [6, 6.07) is 0. The summed E-state index contributed by atoms with van der Waals surface area (Å²) in [4.78, 5) is 40.5. The number of esters is 1. The van der Waals surface area contributed by atoms with Crippen LogP contribution in [0, 0.1) is 6.92 Å². The molecule has 0 saturated heterocycles. The smallest absolute Gasteiger partial charge is 0.361 e. The Morgan fingerprint density at radius 2 is 2.17 bits per heavy atom. The number of hydrogen-bond donors (Lipinski definition) is 2. The third-order valence-corrected chi connectivity index (χ3v) is 5.76. The van der Waals surface area contributed by atoms with E-state index in [2.05, 4.69) is 4.98 Å². The normalized spacial score (nSPS) is 19.8. The number of aryl methyl sites for hydroxylation is 1. The second-order valence-electron chi connectivity index (χ2n) is 4.90. The van der Waals surface area contributed by atoms with E-state index in [-0.39, 0.29) is 38.2 Å². The second-order valence-corrected chi connectivity index (χ2v) is 6.84. The Labute approximate surface area is 137 Å². The highest BCUT2D eigenvalue weighted by Gasteiger charge is 2.48. The van der Waals surface area contributed by atoms with Gasteiger partial charge in [0.1, 0.15) is 9.71 Å². The molecule has 1 aliphatic rings. The number of ether oxygens (including phenoxy) is 1. The number of rotatable bonds is 3. The number of carboxylic acids is 1. The first-order chi connectivity index (χ1) is 10.8. The van der Waals surface area contributed by atoms with Crippen molar-refractivity contribution < 1.29 is 24.5 Å². The minimum atomic E-state index is -2.13. The number of fused-ring (bicyclic) bond motifs is 2. The number of nitrogens with zero attached hydrogens (tertiary/aromatic N) is 2. The quantitative estimate of drug-likeness (QED) is 0.612. The fourth-order valence-electron chi connectivity index (χ4n) is 2.42. The molecule has 0 bridgehead atoms. The molecule has 10 heteroatoms. The maximum absolute atomic E-state index is 12.8. The minimum absolute atomic E-state index is 0.0125. The van der Waals surface area contributed by atoms with E-state index >= 15 is 0 Å². The first-order valence-electron chi connectivity index (χ1n) is 6.63. The number of thioether (sulfide) groups is 1. The van der Waals surface area contributed by atoms with Crippen molar-refractivity contribution >= 4 is 45.3 Å². The number of carbonyl (C=O) groups excluding carboxylic acids is 1. The molecule has 3 rings (SSSR count). The van der Waals surface area contributed by atoms with Gasteiger partial charge in [0.2, 0.25) is 0 Å². The Hall–Kier alpha value is -1.91. The molecule has 1 atom stereocenters. The van der Waals surface area contributed by atoms with Gasteiger partial charge in [-0.25, -0.2) is 19.1 Å². The van der Waals surface area contributed by atoms with E-state index < -0.39 is 23.2 Å². The van der Waals surface area contributed by atoms with Gasteiger partial charge in [0.15, 0.2) is 5.16 Å². The molecule has 0 unspecified atom stereocenters. The highest BCUT2D eigenvalue weighted by Crippen LogP contribution is 2.37. The lowest BCUT2D eigenvalue weighted by molar-refractivity contribution is -0.173. The van der Waals surface area contributed by atoms with Crippen molar-refractivity contribution in [1.82, 2.24) is 9.55 Å². The van der Waals surface area contributed by atoms with Gasteiger partial charge in [-0.2, -0.15) is 0 Å². The van der Waals surface area contributed by atoms with E-state index in [9.17, 15) is 24.6 Å². The average molecular weight is 356 g/mol. The average Bonchev–Trinajstić information content (AvgIpc) is 2.99. The van der Waals surface area contributed by atoms with E-state index in [4.69, 9.17) is 4.74 Å². The number of thiophene rings is 1. The van der Waals surface area contributed by atoms with Gasteiger partial charge in [-0.15, -0.1) is 11.3 Å². The maximum atomic E-state index is 12.8. The van der Waals surface area contributed by atoms with Gasteiger partial charge in [-0.1, -0.05) is 11.8 Å². The SMILES string of the molecule is CCOC(=O)[C@@]1(O)CSc2nc3sc(C(=O)O)c(C)c3c(=O)n21. The van der Waals surface area contributed by atoms with Gasteiger partial charge in [0.25, 0.3) is 11.3 Å². The molecule has 23 heavy (non-hydrogen) atoms. The van der Waals surface area contributed by atoms with Crippen molar-refractivity contribution in [3.05, 3.63) is 20.8 Å². The standard InChI is InChI=1S/C13H12N2O6S2/c1-3-21-11(19)13(20)4-22-12-14-8-6(9(16)15(12)13)5(2)7(23-8)10(17)18/h20H,3-4H2,1-2H3,(H,17,18)/t13-/m0/s1. The summed E-state index contributed by atoms with van der Waals surface area (Å²) in [5.74, 6) is -2.17. The minimum Gasteiger partial charge on any atom is -0.477 e. The Morgan fingerprint density at radius 3 is 2.78 bits per heavy atom. The summed E-state index contributed by atoms with van der Waals surface area (Å²) in [7, 11) is 0. The molecule has 0 aromatic carbocycles. The number of aromatic carboxylic acids is 1. The Kier molecular flexibility index (Phi) is 3.69. The maximum Gasteiger partial charge on any atom is 0.361 e. The van der Waals surface area contributed by atoms with Crippen LogP contribution in [0.2, 0.25) is 0 Å². The summed E-state index contributed by atoms with van der Waals surface area (Å²) in [6.45, 7) is 3.16. The molecule has 3 heterocycles. The number of carboxylic acid groups (broad SMARTS) is 1. The van der Waals surface area contributed by atoms with Gasteiger partial charge in [0, 0.05) is 0 Å². The summed E-state index contributed by atoms with van der Waals surface area (Å²) >= 11 is 1.94. The van der Waals surface area contributed by atoms with Gasteiger partial charge in [0.05, 0.1) is 17.7 Å². The van der Waals surface area contributed by atoms with Crippen LogP contribution in [0.1, 0.15) is 22.2 Å². The number of aliphatic hydroxyl groups is 1. The van der Waals surface area contributed by atoms with Crippen LogP contribution >= 0.6 is 23.1 Å². The monoisotopic (exact) mass is 356 g/mol. The Balaban J connectivity index is 2.30. The summed E-state index contributed by atoms with van der Waals surface area (Å²) in [6.07, 6.45) is 0. The topological polar surface area (TPSA) is 119 Å². The molecule has 122 valence electrons. The van der Waals surface area contributed by atoms with Crippen LogP contribution in [0.3, 0.4) is 0 Å². The molecule has 0 spiro atoms. The second kappa shape index (κ2) is 5.32. The molecule has 2 aromatic rings. The number of aromatic nitrogens is 2. The lowest BCUT2D eigenvalue weighted by Crippen LogP contribution is -2.48. The third-order valence-electron chi connectivity index (χ3n) is 3.50. The highest BCUT2D eigenvalue weighted by atomic mass is 32.2. The molecule has 2 N–H and O–H groups in total. The van der Waals surface area contributed by atoms with Gasteiger partial charge >= 0.3 is 11.9 Å². The molecule has 0 fully saturated rings. The molecule has 0 radical (unpaired) electrons. The first kappa shape index (κ1) is 16.0. The largest absolute Gasteiger partial charge is 0.477 e. The van der Waals surface area contributed by atoms with Crippen molar-refractivity contribution in [2.45, 2.75) is 24.7 Å². The van der Waals surface area contributed by atoms with Crippen molar-refractivity contribution in [1.29, 1.82) is 0 Å². The molecule has 2 aromatic heterocycles. The highest BCUT2D eigenvalue weighted by molar-refractivity contribution is 7.99. The summed E-state index contributed by atoms with van der Waals surface area (Å²) < 4.78 is 5.74. The van der Waals surface area contributed by atoms with Crippen molar-refractivity contribution in [2.75, 3.05) is 12.4 Å². The first-order valence-corrected chi connectivity index (χ1v) is 8.43. The lowest BCUT2D eigenvalue weighted by Gasteiger charge is -2.21. The zero-order chi connectivity index (χ0) is 16.9. The van der Waals surface area contributed by atoms with Gasteiger partial charge in [-0.05, 0) is 19.4 Å². The molecular weight excluding hydrogens is 344 g/mol. The van der Waals surface area contributed by atoms with E-state index in [1.165, 1.54) is 6.92 Å². The van der Waals surface area contributed by atoms with Crippen LogP contribution in [-0.2, 0) is 15.3 Å². The van der Waals surface area contributed by atoms with E-state index in [1.54, 1.807) is 6.92 Å². The van der Waals surface area contributed by atoms with E-state index in [0.29, 0.717) is 0 Å².